The van der Waals surface area contributed by atoms with E-state index in [-0.39, 0.29) is 0 Å². The van der Waals surface area contributed by atoms with Crippen molar-refractivity contribution in [2.45, 2.75) is 72.6 Å². The molecule has 0 amide bonds. The summed E-state index contributed by atoms with van der Waals surface area (Å²) in [5.41, 5.74) is 0.653. The van der Waals surface area contributed by atoms with Crippen LogP contribution in [0.25, 0.3) is 0 Å². The van der Waals surface area contributed by atoms with Crippen LogP contribution >= 0.6 is 0 Å². The average Bonchev–Trinajstić information content (AvgIpc) is 2.30. The van der Waals surface area contributed by atoms with Crippen LogP contribution in [0.5, 0.6) is 0 Å². The summed E-state index contributed by atoms with van der Waals surface area (Å²) in [6.45, 7) is 12.5. The van der Waals surface area contributed by atoms with E-state index in [9.17, 15) is 0 Å². The molecule has 1 saturated carbocycles. The topological polar surface area (TPSA) is 0 Å². The van der Waals surface area contributed by atoms with Gasteiger partial charge in [-0.25, -0.2) is 0 Å². The molecule has 1 aliphatic carbocycles. The fraction of sp³-hybridized carbons (Fsp3) is 0.867. The lowest BCUT2D eigenvalue weighted by Gasteiger charge is -2.38. The van der Waals surface area contributed by atoms with Crippen molar-refractivity contribution < 1.29 is 0 Å². The van der Waals surface area contributed by atoms with Gasteiger partial charge in [-0.15, -0.1) is 6.58 Å². The van der Waals surface area contributed by atoms with Crippen LogP contribution in [0.1, 0.15) is 72.6 Å². The van der Waals surface area contributed by atoms with Gasteiger partial charge in [0, 0.05) is 0 Å². The standard InChI is InChI=1S/C12H24.C3H6/c1-4-12(3,5-2)11-9-7-6-8-10-11;1-3-2/h11H,4-10H2,1-3H3;3H,1H2,2H3. The van der Waals surface area contributed by atoms with E-state index < -0.39 is 0 Å². The Balaban J connectivity index is 0.000000583. The van der Waals surface area contributed by atoms with Crippen LogP contribution in [0.3, 0.4) is 0 Å². The molecule has 0 aliphatic heterocycles. The van der Waals surface area contributed by atoms with Crippen LogP contribution in [0.4, 0.5) is 0 Å². The lowest BCUT2D eigenvalue weighted by Crippen LogP contribution is -2.27. The molecule has 0 aromatic heterocycles. The maximum atomic E-state index is 3.36. The Hall–Kier alpha value is -0.260. The highest BCUT2D eigenvalue weighted by Gasteiger charge is 2.31. The molecule has 0 atom stereocenters. The van der Waals surface area contributed by atoms with E-state index in [0.717, 1.165) is 5.92 Å². The third kappa shape index (κ3) is 4.86. The van der Waals surface area contributed by atoms with Gasteiger partial charge in [0.1, 0.15) is 0 Å². The van der Waals surface area contributed by atoms with Crippen LogP contribution < -0.4 is 0 Å². The van der Waals surface area contributed by atoms with Gasteiger partial charge in [0.15, 0.2) is 0 Å². The second-order valence-electron chi connectivity index (χ2n) is 5.10. The lowest BCUT2D eigenvalue weighted by atomic mass is 9.67. The van der Waals surface area contributed by atoms with Crippen LogP contribution in [0, 0.1) is 11.3 Å². The maximum Gasteiger partial charge on any atom is -0.0303 e. The molecule has 1 fully saturated rings. The zero-order chi connectivity index (χ0) is 11.7. The summed E-state index contributed by atoms with van der Waals surface area (Å²) in [4.78, 5) is 0. The average molecular weight is 210 g/mol. The van der Waals surface area contributed by atoms with Crippen molar-refractivity contribution in [3.8, 4) is 0 Å². The molecule has 1 aliphatic rings. The van der Waals surface area contributed by atoms with Gasteiger partial charge in [0.05, 0.1) is 0 Å². The Kier molecular flexibility index (Phi) is 7.82. The highest BCUT2D eigenvalue weighted by molar-refractivity contribution is 4.82. The molecule has 90 valence electrons. The van der Waals surface area contributed by atoms with E-state index in [2.05, 4.69) is 27.4 Å². The summed E-state index contributed by atoms with van der Waals surface area (Å²) in [5, 5.41) is 0. The molecule has 0 saturated heterocycles. The Morgan fingerprint density at radius 1 is 1.13 bits per heavy atom. The maximum absolute atomic E-state index is 3.36. The lowest BCUT2D eigenvalue weighted by molar-refractivity contribution is 0.125. The van der Waals surface area contributed by atoms with Gasteiger partial charge >= 0.3 is 0 Å². The molecule has 15 heavy (non-hydrogen) atoms. The monoisotopic (exact) mass is 210 g/mol. The minimum Gasteiger partial charge on any atom is -0.103 e. The Labute approximate surface area is 97.2 Å². The zero-order valence-corrected chi connectivity index (χ0v) is 11.3. The van der Waals surface area contributed by atoms with Crippen LogP contribution in [0.15, 0.2) is 12.7 Å². The Morgan fingerprint density at radius 2 is 1.53 bits per heavy atom. The first kappa shape index (κ1) is 14.7. The van der Waals surface area contributed by atoms with E-state index >= 15 is 0 Å². The van der Waals surface area contributed by atoms with Crippen molar-refractivity contribution in [2.75, 3.05) is 0 Å². The van der Waals surface area contributed by atoms with Crippen LogP contribution in [0.2, 0.25) is 0 Å². The molecular weight excluding hydrogens is 180 g/mol. The fourth-order valence-electron chi connectivity index (χ4n) is 2.63. The molecule has 1 rings (SSSR count). The molecule has 0 nitrogen and oxygen atoms in total. The van der Waals surface area contributed by atoms with Crippen molar-refractivity contribution in [1.29, 1.82) is 0 Å². The quantitative estimate of drug-likeness (QED) is 0.533. The van der Waals surface area contributed by atoms with E-state index in [1.165, 1.54) is 44.9 Å². The molecule has 0 unspecified atom stereocenters. The largest absolute Gasteiger partial charge is 0.103 e. The van der Waals surface area contributed by atoms with E-state index in [1.54, 1.807) is 6.08 Å². The second kappa shape index (κ2) is 7.96. The first-order chi connectivity index (χ1) is 7.14. The summed E-state index contributed by atoms with van der Waals surface area (Å²) in [5.74, 6) is 1.03. The number of allylic oxidation sites excluding steroid dienone is 1. The fourth-order valence-corrected chi connectivity index (χ4v) is 2.63. The molecule has 0 radical (unpaired) electrons. The van der Waals surface area contributed by atoms with Gasteiger partial charge in [-0.1, -0.05) is 59.0 Å². The third-order valence-electron chi connectivity index (χ3n) is 4.21. The number of hydrogen-bond acceptors (Lipinski definition) is 0. The van der Waals surface area contributed by atoms with Crippen molar-refractivity contribution in [2.24, 2.45) is 11.3 Å². The van der Waals surface area contributed by atoms with Gasteiger partial charge in [0.2, 0.25) is 0 Å². The summed E-state index contributed by atoms with van der Waals surface area (Å²) in [6, 6.07) is 0. The van der Waals surface area contributed by atoms with Crippen LogP contribution in [-0.2, 0) is 0 Å². The summed E-state index contributed by atoms with van der Waals surface area (Å²) < 4.78 is 0. The Bertz CT molecular complexity index is 147. The predicted molar refractivity (Wildman–Crippen MR) is 71.1 cm³/mol. The number of hydrogen-bond donors (Lipinski definition) is 0. The molecule has 0 aromatic carbocycles. The molecule has 0 heterocycles. The van der Waals surface area contributed by atoms with Gasteiger partial charge in [-0.2, -0.15) is 0 Å². The van der Waals surface area contributed by atoms with Gasteiger partial charge < -0.3 is 0 Å². The van der Waals surface area contributed by atoms with E-state index in [1.807, 2.05) is 6.92 Å². The van der Waals surface area contributed by atoms with Crippen molar-refractivity contribution in [3.63, 3.8) is 0 Å². The van der Waals surface area contributed by atoms with Crippen molar-refractivity contribution in [3.05, 3.63) is 12.7 Å². The van der Waals surface area contributed by atoms with Crippen molar-refractivity contribution >= 4 is 0 Å². The summed E-state index contributed by atoms with van der Waals surface area (Å²) in [6.07, 6.45) is 11.9. The van der Waals surface area contributed by atoms with Gasteiger partial charge in [0.25, 0.3) is 0 Å². The van der Waals surface area contributed by atoms with E-state index in [4.69, 9.17) is 0 Å². The van der Waals surface area contributed by atoms with Gasteiger partial charge in [-0.05, 0) is 31.1 Å². The number of rotatable bonds is 3. The third-order valence-corrected chi connectivity index (χ3v) is 4.21. The Morgan fingerprint density at radius 3 is 1.87 bits per heavy atom. The molecule has 0 spiro atoms. The summed E-state index contributed by atoms with van der Waals surface area (Å²) in [7, 11) is 0. The minimum absolute atomic E-state index is 0.653. The first-order valence-electron chi connectivity index (χ1n) is 6.71. The summed E-state index contributed by atoms with van der Waals surface area (Å²) >= 11 is 0. The minimum atomic E-state index is 0.653. The first-order valence-corrected chi connectivity index (χ1v) is 6.71. The van der Waals surface area contributed by atoms with Gasteiger partial charge in [-0.3, -0.25) is 0 Å². The van der Waals surface area contributed by atoms with E-state index in [0.29, 0.717) is 5.41 Å². The van der Waals surface area contributed by atoms with Crippen LogP contribution in [-0.4, -0.2) is 0 Å². The molecular formula is C15H30. The second-order valence-corrected chi connectivity index (χ2v) is 5.10. The molecule has 0 aromatic rings. The molecule has 0 heteroatoms. The highest BCUT2D eigenvalue weighted by Crippen LogP contribution is 2.42. The SMILES string of the molecule is C=CC.CCC(C)(CC)C1CCCCC1. The predicted octanol–water partition coefficient (Wildman–Crippen LogP) is 5.59. The highest BCUT2D eigenvalue weighted by atomic mass is 14.4. The normalized spacial score (nSPS) is 17.9. The van der Waals surface area contributed by atoms with Crippen molar-refractivity contribution in [1.82, 2.24) is 0 Å². The zero-order valence-electron chi connectivity index (χ0n) is 11.3. The molecule has 0 N–H and O–H groups in total. The molecule has 0 bridgehead atoms. The smallest absolute Gasteiger partial charge is 0.0303 e.